The molecule has 20 heavy (non-hydrogen) atoms. The van der Waals surface area contributed by atoms with Gasteiger partial charge in [0.25, 0.3) is 0 Å². The van der Waals surface area contributed by atoms with Gasteiger partial charge in [-0.05, 0) is 46.1 Å². The van der Waals surface area contributed by atoms with Crippen molar-refractivity contribution in [3.05, 3.63) is 28.2 Å². The average molecular weight is 340 g/mol. The lowest BCUT2D eigenvalue weighted by Crippen LogP contribution is -2.47. The van der Waals surface area contributed by atoms with Gasteiger partial charge in [-0.15, -0.1) is 0 Å². The molecule has 0 radical (unpaired) electrons. The average Bonchev–Trinajstić information content (AvgIpc) is 2.38. The van der Waals surface area contributed by atoms with Crippen molar-refractivity contribution in [2.45, 2.75) is 20.4 Å². The first-order chi connectivity index (χ1) is 9.56. The number of carbonyl (C=O) groups is 1. The Morgan fingerprint density at radius 1 is 1.45 bits per heavy atom. The van der Waals surface area contributed by atoms with Gasteiger partial charge in [0, 0.05) is 24.1 Å². The molecule has 0 unspecified atom stereocenters. The number of benzene rings is 1. The van der Waals surface area contributed by atoms with Crippen LogP contribution in [0.1, 0.15) is 19.4 Å². The summed E-state index contributed by atoms with van der Waals surface area (Å²) in [4.78, 5) is 13.6. The number of piperazine rings is 1. The zero-order chi connectivity index (χ0) is 14.5. The molecule has 0 aromatic heterocycles. The first-order valence-corrected chi connectivity index (χ1v) is 7.86. The van der Waals surface area contributed by atoms with Crippen LogP contribution in [-0.4, -0.2) is 32.1 Å². The Labute approximate surface area is 129 Å². The lowest BCUT2D eigenvalue weighted by atomic mass is 10.1. The molecular formula is C15H22BrN3O. The van der Waals surface area contributed by atoms with Gasteiger partial charge in [-0.1, -0.05) is 19.9 Å². The monoisotopic (exact) mass is 339 g/mol. The molecule has 0 saturated carbocycles. The molecule has 0 atom stereocenters. The maximum Gasteiger partial charge on any atom is 0.239 e. The second kappa shape index (κ2) is 7.09. The third-order valence-corrected chi connectivity index (χ3v) is 3.91. The van der Waals surface area contributed by atoms with E-state index in [1.165, 1.54) is 5.56 Å². The van der Waals surface area contributed by atoms with Gasteiger partial charge in [0.05, 0.1) is 12.2 Å². The summed E-state index contributed by atoms with van der Waals surface area (Å²) >= 11 is 3.62. The number of nitrogens with one attached hydrogen (secondary N) is 2. The number of carbonyl (C=O) groups excluding carboxylic acids is 1. The van der Waals surface area contributed by atoms with Crippen LogP contribution in [0, 0.1) is 5.92 Å². The van der Waals surface area contributed by atoms with Crippen LogP contribution >= 0.6 is 15.9 Å². The first-order valence-electron chi connectivity index (χ1n) is 7.07. The predicted molar refractivity (Wildman–Crippen MR) is 85.9 cm³/mol. The maximum absolute atomic E-state index is 11.5. The summed E-state index contributed by atoms with van der Waals surface area (Å²) in [5.41, 5.74) is 2.34. The van der Waals surface area contributed by atoms with Crippen molar-refractivity contribution >= 4 is 27.5 Å². The number of halogens is 1. The largest absolute Gasteiger partial charge is 0.360 e. The quantitative estimate of drug-likeness (QED) is 0.863. The van der Waals surface area contributed by atoms with E-state index in [2.05, 4.69) is 63.5 Å². The lowest BCUT2D eigenvalue weighted by molar-refractivity contribution is -0.120. The summed E-state index contributed by atoms with van der Waals surface area (Å²) < 4.78 is 1.05. The first kappa shape index (κ1) is 15.3. The summed E-state index contributed by atoms with van der Waals surface area (Å²) in [5.74, 6) is 0.746. The number of hydrogen-bond acceptors (Lipinski definition) is 3. The van der Waals surface area contributed by atoms with Crippen LogP contribution in [0.25, 0.3) is 0 Å². The van der Waals surface area contributed by atoms with Crippen molar-refractivity contribution in [1.29, 1.82) is 0 Å². The Kier molecular flexibility index (Phi) is 5.43. The number of amides is 1. The van der Waals surface area contributed by atoms with E-state index in [0.29, 0.717) is 19.0 Å². The summed E-state index contributed by atoms with van der Waals surface area (Å²) in [6, 6.07) is 6.35. The number of rotatable bonds is 5. The molecule has 1 aromatic carbocycles. The molecule has 1 heterocycles. The smallest absolute Gasteiger partial charge is 0.239 e. The Hall–Kier alpha value is -1.07. The topological polar surface area (TPSA) is 44.4 Å². The Morgan fingerprint density at radius 2 is 2.25 bits per heavy atom. The molecule has 1 amide bonds. The second-order valence-corrected chi connectivity index (χ2v) is 6.44. The fraction of sp³-hybridized carbons (Fsp3) is 0.533. The summed E-state index contributed by atoms with van der Waals surface area (Å²) in [5, 5.41) is 6.28. The van der Waals surface area contributed by atoms with Gasteiger partial charge < -0.3 is 15.5 Å². The van der Waals surface area contributed by atoms with E-state index in [1.54, 1.807) is 0 Å². The number of nitrogens with zero attached hydrogens (tertiary/aromatic N) is 1. The van der Waals surface area contributed by atoms with E-state index in [-0.39, 0.29) is 5.91 Å². The van der Waals surface area contributed by atoms with Gasteiger partial charge in [-0.3, -0.25) is 4.79 Å². The van der Waals surface area contributed by atoms with E-state index in [4.69, 9.17) is 0 Å². The Bertz CT molecular complexity index is 476. The van der Waals surface area contributed by atoms with E-state index in [1.807, 2.05) is 0 Å². The molecule has 0 bridgehead atoms. The molecule has 1 aliphatic rings. The molecule has 0 spiro atoms. The zero-order valence-electron chi connectivity index (χ0n) is 12.1. The fourth-order valence-corrected chi connectivity index (χ4v) is 2.94. The number of hydrogen-bond donors (Lipinski definition) is 2. The van der Waals surface area contributed by atoms with Crippen LogP contribution in [0.15, 0.2) is 22.7 Å². The SMILES string of the molecule is CC(C)CNCc1ccc(N2CCNC(=O)C2)c(Br)c1. The van der Waals surface area contributed by atoms with Crippen LogP contribution in [0.2, 0.25) is 0 Å². The highest BCUT2D eigenvalue weighted by Gasteiger charge is 2.18. The van der Waals surface area contributed by atoms with Crippen molar-refractivity contribution < 1.29 is 4.79 Å². The highest BCUT2D eigenvalue weighted by atomic mass is 79.9. The molecule has 0 aliphatic carbocycles. The van der Waals surface area contributed by atoms with E-state index < -0.39 is 0 Å². The normalized spacial score (nSPS) is 15.6. The van der Waals surface area contributed by atoms with E-state index >= 15 is 0 Å². The fourth-order valence-electron chi connectivity index (χ4n) is 2.27. The standard InChI is InChI=1S/C15H22BrN3O/c1-11(2)8-17-9-12-3-4-14(13(16)7-12)19-6-5-18-15(20)10-19/h3-4,7,11,17H,5-6,8-10H2,1-2H3,(H,18,20). The van der Waals surface area contributed by atoms with Crippen molar-refractivity contribution in [2.75, 3.05) is 31.1 Å². The van der Waals surface area contributed by atoms with Crippen LogP contribution in [0.4, 0.5) is 5.69 Å². The minimum absolute atomic E-state index is 0.0887. The lowest BCUT2D eigenvalue weighted by Gasteiger charge is -2.29. The summed E-state index contributed by atoms with van der Waals surface area (Å²) in [7, 11) is 0. The van der Waals surface area contributed by atoms with Crippen LogP contribution in [0.5, 0.6) is 0 Å². The molecule has 1 fully saturated rings. The highest BCUT2D eigenvalue weighted by molar-refractivity contribution is 9.10. The van der Waals surface area contributed by atoms with Crippen LogP contribution < -0.4 is 15.5 Å². The molecule has 5 heteroatoms. The van der Waals surface area contributed by atoms with Crippen molar-refractivity contribution in [3.63, 3.8) is 0 Å². The van der Waals surface area contributed by atoms with Gasteiger partial charge >= 0.3 is 0 Å². The second-order valence-electron chi connectivity index (χ2n) is 5.58. The van der Waals surface area contributed by atoms with Gasteiger partial charge in [0.15, 0.2) is 0 Å². The van der Waals surface area contributed by atoms with Crippen molar-refractivity contribution in [2.24, 2.45) is 5.92 Å². The summed E-state index contributed by atoms with van der Waals surface area (Å²) in [6.07, 6.45) is 0. The highest BCUT2D eigenvalue weighted by Crippen LogP contribution is 2.27. The van der Waals surface area contributed by atoms with Gasteiger partial charge in [-0.2, -0.15) is 0 Å². The Balaban J connectivity index is 2.00. The third kappa shape index (κ3) is 4.21. The van der Waals surface area contributed by atoms with E-state index in [0.717, 1.165) is 29.8 Å². The van der Waals surface area contributed by atoms with Crippen molar-refractivity contribution in [1.82, 2.24) is 10.6 Å². The molecular weight excluding hydrogens is 318 g/mol. The maximum atomic E-state index is 11.5. The zero-order valence-corrected chi connectivity index (χ0v) is 13.7. The molecule has 1 aliphatic heterocycles. The predicted octanol–water partition coefficient (Wildman–Crippen LogP) is 2.13. The molecule has 110 valence electrons. The minimum Gasteiger partial charge on any atom is -0.360 e. The van der Waals surface area contributed by atoms with E-state index in [9.17, 15) is 4.79 Å². The van der Waals surface area contributed by atoms with Crippen molar-refractivity contribution in [3.8, 4) is 0 Å². The summed E-state index contributed by atoms with van der Waals surface area (Å²) in [6.45, 7) is 8.30. The minimum atomic E-state index is 0.0887. The Morgan fingerprint density at radius 3 is 2.90 bits per heavy atom. The van der Waals surface area contributed by atoms with Gasteiger partial charge in [0.2, 0.25) is 5.91 Å². The van der Waals surface area contributed by atoms with Crippen LogP contribution in [-0.2, 0) is 11.3 Å². The molecule has 1 aromatic rings. The number of anilines is 1. The van der Waals surface area contributed by atoms with Crippen LogP contribution in [0.3, 0.4) is 0 Å². The third-order valence-electron chi connectivity index (χ3n) is 3.27. The van der Waals surface area contributed by atoms with Gasteiger partial charge in [-0.25, -0.2) is 0 Å². The molecule has 4 nitrogen and oxygen atoms in total. The molecule has 2 N–H and O–H groups in total. The molecule has 2 rings (SSSR count). The van der Waals surface area contributed by atoms with Gasteiger partial charge in [0.1, 0.15) is 0 Å². The molecule has 1 saturated heterocycles.